The van der Waals surface area contributed by atoms with Crippen LogP contribution in [-0.4, -0.2) is 233 Å². The van der Waals surface area contributed by atoms with Crippen molar-refractivity contribution in [3.05, 3.63) is 155 Å². The number of carboxylic acids is 3. The van der Waals surface area contributed by atoms with E-state index in [4.69, 9.17) is 44.5 Å². The minimum atomic E-state index is -1.18. The van der Waals surface area contributed by atoms with Crippen molar-refractivity contribution in [2.75, 3.05) is 48.3 Å². The van der Waals surface area contributed by atoms with E-state index in [1.165, 1.54) is 135 Å². The van der Waals surface area contributed by atoms with Crippen LogP contribution in [-0.2, 0) is 42.3 Å². The van der Waals surface area contributed by atoms with Crippen molar-refractivity contribution in [2.24, 2.45) is 42.3 Å². The van der Waals surface area contributed by atoms with Gasteiger partial charge < -0.3 is 49.6 Å². The van der Waals surface area contributed by atoms with Crippen LogP contribution in [0.2, 0.25) is 0 Å². The molecule has 42 heteroatoms. The Balaban J connectivity index is 0.000000179. The Bertz CT molecular complexity index is 5180. The number of rotatable bonds is 19. The number of aryl methyl sites for hydroxylation is 10. The van der Waals surface area contributed by atoms with Crippen LogP contribution in [0.3, 0.4) is 0 Å². The van der Waals surface area contributed by atoms with Crippen molar-refractivity contribution in [3.63, 3.8) is 0 Å². The van der Waals surface area contributed by atoms with E-state index in [1.54, 1.807) is 59.6 Å². The molecule has 0 aliphatic rings. The number of aromatic carboxylic acids is 3. The van der Waals surface area contributed by atoms with Gasteiger partial charge in [0, 0.05) is 76.9 Å². The van der Waals surface area contributed by atoms with E-state index >= 15 is 0 Å². The molecule has 0 radical (unpaired) electrons. The number of Topliss-reactive ketones (excluding diaryl/α,β-unsaturated/α-hetero) is 3. The summed E-state index contributed by atoms with van der Waals surface area (Å²) in [6.07, 6.45) is 13.8. The van der Waals surface area contributed by atoms with Gasteiger partial charge >= 0.3 is 29.9 Å². The zero-order chi connectivity index (χ0) is 78.7. The minimum Gasteiger partial charge on any atom is -0.481 e. The summed E-state index contributed by atoms with van der Waals surface area (Å²) in [5, 5.41) is 77.7. The van der Waals surface area contributed by atoms with E-state index < -0.39 is 60.9 Å². The molecule has 0 spiro atoms. The predicted molar refractivity (Wildman–Crippen MR) is 366 cm³/mol. The van der Waals surface area contributed by atoms with Crippen LogP contribution in [0.5, 0.6) is 23.8 Å². The summed E-state index contributed by atoms with van der Waals surface area (Å²) in [5.41, 5.74) is 7.01. The normalized spacial score (nSPS) is 10.5. The van der Waals surface area contributed by atoms with Crippen LogP contribution in [0.1, 0.15) is 85.7 Å². The third-order valence-electron chi connectivity index (χ3n) is 14.8. The molecule has 6 N–H and O–H groups in total. The van der Waals surface area contributed by atoms with Crippen molar-refractivity contribution in [1.29, 1.82) is 0 Å². The van der Waals surface area contributed by atoms with E-state index in [0.717, 1.165) is 16.1 Å². The van der Waals surface area contributed by atoms with E-state index in [2.05, 4.69) is 90.4 Å². The lowest BCUT2D eigenvalue weighted by molar-refractivity contribution is 0.0675. The van der Waals surface area contributed by atoms with Gasteiger partial charge in [-0.3, -0.25) is 42.5 Å². The topological polar surface area (TPSA) is 522 Å². The van der Waals surface area contributed by atoms with Crippen molar-refractivity contribution in [1.82, 2.24) is 118 Å². The number of methoxy groups -OCH3 is 4. The van der Waals surface area contributed by atoms with Crippen LogP contribution < -0.4 is 18.9 Å². The number of carboxylic acid groups (broad SMARTS) is 3. The van der Waals surface area contributed by atoms with Gasteiger partial charge in [-0.2, -0.15) is 50.5 Å². The van der Waals surface area contributed by atoms with Crippen LogP contribution in [0.15, 0.2) is 86.8 Å². The number of aliphatic hydroxyl groups excluding tert-OH is 3. The number of hydrogen-bond acceptors (Lipinski definition) is 31. The van der Waals surface area contributed by atoms with Gasteiger partial charge in [0.15, 0.2) is 28.7 Å². The third-order valence-corrected chi connectivity index (χ3v) is 14.8. The number of aliphatic hydroxyl groups is 3. The van der Waals surface area contributed by atoms with Gasteiger partial charge in [0.05, 0.1) is 122 Å². The molecule has 0 fully saturated rings. The zero-order valence-corrected chi connectivity index (χ0v) is 59.5. The highest BCUT2D eigenvalue weighted by atomic mass is 19.1. The van der Waals surface area contributed by atoms with Crippen LogP contribution in [0.25, 0.3) is 67.5 Å². The first-order valence-electron chi connectivity index (χ1n) is 30.7. The molecule has 12 aromatic rings. The molecule has 558 valence electrons. The summed E-state index contributed by atoms with van der Waals surface area (Å²) in [7, 11) is 15.2. The Hall–Kier alpha value is -13.9. The summed E-state index contributed by atoms with van der Waals surface area (Å²) >= 11 is 0. The van der Waals surface area contributed by atoms with E-state index in [-0.39, 0.29) is 86.1 Å². The molecule has 0 bridgehead atoms. The van der Waals surface area contributed by atoms with Crippen LogP contribution >= 0.6 is 0 Å². The number of hydrogen-bond donors (Lipinski definition) is 6. The van der Waals surface area contributed by atoms with Gasteiger partial charge in [0.25, 0.3) is 0 Å². The molecule has 0 saturated carbocycles. The van der Waals surface area contributed by atoms with Gasteiger partial charge in [-0.05, 0) is 39.8 Å². The largest absolute Gasteiger partial charge is 0.481 e. The maximum atomic E-state index is 13.9. The molecule has 0 amide bonds. The zero-order valence-electron chi connectivity index (χ0n) is 59.5. The highest BCUT2D eigenvalue weighted by Gasteiger charge is 2.26. The molecule has 40 nitrogen and oxygen atoms in total. The molecule has 0 aromatic carbocycles. The molecule has 0 aliphatic heterocycles. The molecule has 0 unspecified atom stereocenters. The maximum absolute atomic E-state index is 13.9. The number of ether oxygens (including phenoxy) is 4. The average molecular weight is 1480 g/mol. The lowest BCUT2D eigenvalue weighted by Gasteiger charge is -2.07. The first-order valence-corrected chi connectivity index (χ1v) is 30.7. The smallest absolute Gasteiger partial charge is 0.354 e. The molecule has 107 heavy (non-hydrogen) atoms. The first kappa shape index (κ1) is 80.4. The fraction of sp³-hybridized carbons (Fsp3) is 0.262. The van der Waals surface area contributed by atoms with Crippen molar-refractivity contribution in [2.45, 2.75) is 27.7 Å². The SMILES string of the molecule is COc1cc(-c2cnn(C)c2C(=O)CO)nc(OC)n1.COc1cc(-c2cnn(C)c2C(=O)O)nc(OC)n1.Cc1cc(-c2cnn(C)c2C(=O)CO)ncn1.Cc1cc(-c2cnn(C)c2C(=O)O)ncn1.Cc1ncnc(-c2cnn(C)c2C(=O)CO)c1F.Cc1ncnc(-c2cnn(C)c2C(=O)O)c1F. The predicted octanol–water partition coefficient (Wildman–Crippen LogP) is 3.43. The second-order valence-electron chi connectivity index (χ2n) is 21.7. The number of halogens is 2. The summed E-state index contributed by atoms with van der Waals surface area (Å²) in [4.78, 5) is 116. The fourth-order valence-electron chi connectivity index (χ4n) is 9.67. The third kappa shape index (κ3) is 19.1. The highest BCUT2D eigenvalue weighted by Crippen LogP contribution is 2.31. The highest BCUT2D eigenvalue weighted by molar-refractivity contribution is 6.03. The molecule has 0 atom stereocenters. The van der Waals surface area contributed by atoms with Gasteiger partial charge in [-0.15, -0.1) is 0 Å². The quantitative estimate of drug-likeness (QED) is 0.0631. The number of carbonyl (C=O) groups excluding carboxylic acids is 3. The lowest BCUT2D eigenvalue weighted by Crippen LogP contribution is -2.12. The van der Waals surface area contributed by atoms with E-state index in [1.807, 2.05) is 13.8 Å². The maximum Gasteiger partial charge on any atom is 0.354 e. The average Bonchev–Trinajstić information content (AvgIpc) is 1.64. The summed E-state index contributed by atoms with van der Waals surface area (Å²) in [6.45, 7) is 4.83. The number of nitrogens with zero attached hydrogens (tertiary/aromatic N) is 24. The molecule has 0 aliphatic carbocycles. The second-order valence-corrected chi connectivity index (χ2v) is 21.7. The summed E-state index contributed by atoms with van der Waals surface area (Å²) in [5.74, 6) is -5.32. The molecule has 12 aromatic heterocycles. The van der Waals surface area contributed by atoms with Gasteiger partial charge in [0.2, 0.25) is 29.1 Å². The van der Waals surface area contributed by atoms with E-state index in [9.17, 15) is 42.7 Å². The second kappa shape index (κ2) is 36.3. The Morgan fingerprint density at radius 3 is 0.935 bits per heavy atom. The van der Waals surface area contributed by atoms with Gasteiger partial charge in [-0.25, -0.2) is 63.0 Å². The summed E-state index contributed by atoms with van der Waals surface area (Å²) < 4.78 is 55.6. The van der Waals surface area contributed by atoms with Crippen LogP contribution in [0, 0.1) is 39.3 Å². The number of ketones is 3. The van der Waals surface area contributed by atoms with E-state index in [0.29, 0.717) is 56.6 Å². The van der Waals surface area contributed by atoms with Gasteiger partial charge in [-0.1, -0.05) is 0 Å². The fourth-order valence-corrected chi connectivity index (χ4v) is 9.67. The van der Waals surface area contributed by atoms with Crippen molar-refractivity contribution in [3.8, 4) is 91.3 Å². The Morgan fingerprint density at radius 1 is 0.355 bits per heavy atom. The Kier molecular flexibility index (Phi) is 27.3. The summed E-state index contributed by atoms with van der Waals surface area (Å²) in [6, 6.07) is 6.79. The Labute approximate surface area is 603 Å². The van der Waals surface area contributed by atoms with Crippen LogP contribution in [0.4, 0.5) is 8.78 Å². The number of carbonyl (C=O) groups is 6. The molecule has 12 rings (SSSR count). The minimum absolute atomic E-state index is 0.00685. The molecular weight excluding hydrogens is 1410 g/mol. The molecule has 12 heterocycles. The lowest BCUT2D eigenvalue weighted by atomic mass is 10.1. The monoisotopic (exact) mass is 1480 g/mol. The molecular formula is C65H68F2N24O16. The van der Waals surface area contributed by atoms with Gasteiger partial charge in [0.1, 0.15) is 73.6 Å². The van der Waals surface area contributed by atoms with Crippen molar-refractivity contribution >= 4 is 35.3 Å². The number of aromatic nitrogens is 24. The molecule has 0 saturated heterocycles. The standard InChI is InChI=1S/C12H14N4O4.C11H11FN4O2.C11H12N4O4.C11H12N4O2.C10H9FN4O2.C10H10N4O2/c1-16-11(9(18)6-17)7(5-13-16)8-4-10(19-2)15-12(14-8)20-3;1-6-9(12)10(14-5-13-6)7-3-15-16(2)11(7)8(18)4-17;1-15-9(10(16)17)6(5-12-15)7-4-8(18-2)14-11(13-7)19-3;1-7-3-9(13-6-12-7)8-4-14-15(2)11(8)10(17)5-16;1-5-7(11)8(13-4-12-5)6-3-14-15(2)9(6)10(16)17;1-6-3-8(12-5-11-6)7-4-13-14(2)9(7)10(15)16/h4-5,17H,6H2,1-3H3;3,5,17H,4H2,1-2H3;4-5H,1-3H3,(H,16,17);3-4,6,16H,5H2,1-2H3;3-4H,1-2H3,(H,16,17);3-5H,1-2H3,(H,15,16). The Morgan fingerprint density at radius 2 is 0.626 bits per heavy atom. The first-order chi connectivity index (χ1) is 51.0. The van der Waals surface area contributed by atoms with Crippen molar-refractivity contribution < 1.29 is 87.1 Å².